The molecule has 6 heteroatoms. The van der Waals surface area contributed by atoms with E-state index in [0.717, 1.165) is 41.6 Å². The van der Waals surface area contributed by atoms with Crippen LogP contribution in [0, 0.1) is 19.8 Å². The van der Waals surface area contributed by atoms with E-state index in [0.29, 0.717) is 12.0 Å². The number of thiazole rings is 1. The minimum Gasteiger partial charge on any atom is -0.337 e. The van der Waals surface area contributed by atoms with Crippen LogP contribution in [0.3, 0.4) is 0 Å². The van der Waals surface area contributed by atoms with Crippen LogP contribution in [0.5, 0.6) is 0 Å². The third kappa shape index (κ3) is 3.00. The number of hydrogen-bond donors (Lipinski definition) is 1. The van der Waals surface area contributed by atoms with Crippen LogP contribution in [0.4, 0.5) is 0 Å². The van der Waals surface area contributed by atoms with Crippen molar-refractivity contribution < 1.29 is 4.79 Å². The lowest BCUT2D eigenvalue weighted by atomic mass is 9.85. The highest BCUT2D eigenvalue weighted by atomic mass is 35.5. The van der Waals surface area contributed by atoms with Gasteiger partial charge in [-0.3, -0.25) is 4.79 Å². The first-order valence-corrected chi connectivity index (χ1v) is 7.93. The lowest BCUT2D eigenvalue weighted by Gasteiger charge is -2.41. The number of hydrogen-bond acceptors (Lipinski definition) is 4. The second-order valence-corrected chi connectivity index (χ2v) is 6.85. The molecule has 0 aliphatic carbocycles. The molecule has 1 aromatic heterocycles. The molecular weight excluding hydrogens is 294 g/mol. The first-order chi connectivity index (χ1) is 9.15. The highest BCUT2D eigenvalue weighted by molar-refractivity contribution is 7.13. The van der Waals surface area contributed by atoms with Gasteiger partial charge in [0, 0.05) is 19.1 Å². The number of fused-ring (bicyclic) bond motifs is 1. The van der Waals surface area contributed by atoms with Crippen LogP contribution in [-0.4, -0.2) is 41.5 Å². The van der Waals surface area contributed by atoms with Gasteiger partial charge in [-0.1, -0.05) is 0 Å². The van der Waals surface area contributed by atoms with Crippen LogP contribution in [0.15, 0.2) is 0 Å². The Labute approximate surface area is 130 Å². The van der Waals surface area contributed by atoms with Crippen molar-refractivity contribution in [2.45, 2.75) is 39.2 Å². The standard InChI is InChI=1S/C14H21N3OS.ClH/c1-9-13(19-10(2)16-9)14(18)17-7-5-12-11(8-17)4-3-6-15-12;/h11-12,15H,3-8H2,1-2H3;1H/t11-,12+;/m1./s1. The van der Waals surface area contributed by atoms with Crippen LogP contribution >= 0.6 is 23.7 Å². The minimum absolute atomic E-state index is 0. The molecule has 20 heavy (non-hydrogen) atoms. The molecule has 2 fully saturated rings. The molecule has 2 atom stereocenters. The van der Waals surface area contributed by atoms with Crippen molar-refractivity contribution >= 4 is 29.7 Å². The van der Waals surface area contributed by atoms with Crippen LogP contribution < -0.4 is 5.32 Å². The monoisotopic (exact) mass is 315 g/mol. The molecule has 1 N–H and O–H groups in total. The van der Waals surface area contributed by atoms with Gasteiger partial charge in [-0.2, -0.15) is 0 Å². The van der Waals surface area contributed by atoms with Gasteiger partial charge >= 0.3 is 0 Å². The molecule has 2 aliphatic heterocycles. The molecule has 4 nitrogen and oxygen atoms in total. The number of nitrogens with one attached hydrogen (secondary N) is 1. The van der Waals surface area contributed by atoms with Gasteiger partial charge in [-0.25, -0.2) is 4.98 Å². The second-order valence-electron chi connectivity index (χ2n) is 5.65. The van der Waals surface area contributed by atoms with Gasteiger partial charge < -0.3 is 10.2 Å². The van der Waals surface area contributed by atoms with Crippen molar-refractivity contribution in [2.75, 3.05) is 19.6 Å². The first-order valence-electron chi connectivity index (χ1n) is 7.12. The Bertz CT molecular complexity index is 491. The normalized spacial score (nSPS) is 25.8. The number of likely N-dealkylation sites (tertiary alicyclic amines) is 1. The summed E-state index contributed by atoms with van der Waals surface area (Å²) in [5.41, 5.74) is 0.886. The Morgan fingerprint density at radius 1 is 1.40 bits per heavy atom. The molecule has 0 unspecified atom stereocenters. The predicted octanol–water partition coefficient (Wildman–Crippen LogP) is 2.40. The molecule has 0 aromatic carbocycles. The van der Waals surface area contributed by atoms with Gasteiger partial charge in [0.1, 0.15) is 4.88 Å². The van der Waals surface area contributed by atoms with E-state index in [1.54, 1.807) is 0 Å². The van der Waals surface area contributed by atoms with E-state index in [2.05, 4.69) is 10.3 Å². The average molecular weight is 316 g/mol. The summed E-state index contributed by atoms with van der Waals surface area (Å²) in [7, 11) is 0. The molecule has 0 radical (unpaired) electrons. The van der Waals surface area contributed by atoms with Crippen LogP contribution in [0.2, 0.25) is 0 Å². The maximum absolute atomic E-state index is 12.6. The van der Waals surface area contributed by atoms with Gasteiger partial charge in [-0.05, 0) is 45.6 Å². The summed E-state index contributed by atoms with van der Waals surface area (Å²) in [5.74, 6) is 0.827. The second kappa shape index (κ2) is 6.41. The number of rotatable bonds is 1. The maximum Gasteiger partial charge on any atom is 0.265 e. The molecular formula is C14H22ClN3OS. The van der Waals surface area contributed by atoms with E-state index < -0.39 is 0 Å². The summed E-state index contributed by atoms with van der Waals surface area (Å²) >= 11 is 1.53. The largest absolute Gasteiger partial charge is 0.337 e. The summed E-state index contributed by atoms with van der Waals surface area (Å²) in [6, 6.07) is 0.627. The van der Waals surface area contributed by atoms with Gasteiger partial charge in [0.05, 0.1) is 10.7 Å². The molecule has 2 aliphatic rings. The smallest absolute Gasteiger partial charge is 0.265 e. The number of halogens is 1. The van der Waals surface area contributed by atoms with E-state index in [4.69, 9.17) is 0 Å². The summed E-state index contributed by atoms with van der Waals surface area (Å²) in [4.78, 5) is 19.8. The molecule has 2 saturated heterocycles. The molecule has 0 spiro atoms. The lowest BCUT2D eigenvalue weighted by Crippen LogP contribution is -2.53. The molecule has 3 heterocycles. The van der Waals surface area contributed by atoms with Crippen LogP contribution in [0.25, 0.3) is 0 Å². The average Bonchev–Trinajstić information content (AvgIpc) is 2.76. The molecule has 3 rings (SSSR count). The van der Waals surface area contributed by atoms with Gasteiger partial charge in [0.15, 0.2) is 0 Å². The van der Waals surface area contributed by atoms with Gasteiger partial charge in [-0.15, -0.1) is 23.7 Å². The van der Waals surface area contributed by atoms with Gasteiger partial charge in [0.2, 0.25) is 0 Å². The zero-order valence-corrected chi connectivity index (χ0v) is 13.6. The van der Waals surface area contributed by atoms with Crippen LogP contribution in [-0.2, 0) is 0 Å². The minimum atomic E-state index is 0. The van der Waals surface area contributed by atoms with Crippen molar-refractivity contribution in [2.24, 2.45) is 5.92 Å². The summed E-state index contributed by atoms with van der Waals surface area (Å²) in [6.45, 7) is 6.83. The van der Waals surface area contributed by atoms with Crippen molar-refractivity contribution in [1.29, 1.82) is 0 Å². The number of amides is 1. The van der Waals surface area contributed by atoms with Crippen molar-refractivity contribution in [3.8, 4) is 0 Å². The third-order valence-electron chi connectivity index (χ3n) is 4.28. The van der Waals surface area contributed by atoms with Crippen molar-refractivity contribution in [3.05, 3.63) is 15.6 Å². The Kier molecular flexibility index (Phi) is 5.04. The fourth-order valence-corrected chi connectivity index (χ4v) is 4.19. The Balaban J connectivity index is 0.00000147. The third-order valence-corrected chi connectivity index (χ3v) is 5.34. The zero-order chi connectivity index (χ0) is 13.4. The molecule has 1 aromatic rings. The maximum atomic E-state index is 12.6. The Morgan fingerprint density at radius 3 is 2.90 bits per heavy atom. The van der Waals surface area contributed by atoms with E-state index in [1.807, 2.05) is 18.7 Å². The summed E-state index contributed by atoms with van der Waals surface area (Å²) in [5, 5.41) is 4.57. The highest BCUT2D eigenvalue weighted by Gasteiger charge is 2.33. The fourth-order valence-electron chi connectivity index (χ4n) is 3.30. The Hall–Kier alpha value is -0.650. The number of aromatic nitrogens is 1. The highest BCUT2D eigenvalue weighted by Crippen LogP contribution is 2.27. The number of piperidine rings is 2. The van der Waals surface area contributed by atoms with Crippen LogP contribution in [0.1, 0.15) is 39.6 Å². The number of aryl methyl sites for hydroxylation is 2. The van der Waals surface area contributed by atoms with E-state index in [-0.39, 0.29) is 18.3 Å². The molecule has 0 saturated carbocycles. The van der Waals surface area contributed by atoms with E-state index >= 15 is 0 Å². The van der Waals surface area contributed by atoms with E-state index in [1.165, 1.54) is 24.2 Å². The van der Waals surface area contributed by atoms with Crippen molar-refractivity contribution in [3.63, 3.8) is 0 Å². The lowest BCUT2D eigenvalue weighted by molar-refractivity contribution is 0.0596. The Morgan fingerprint density at radius 2 is 2.20 bits per heavy atom. The summed E-state index contributed by atoms with van der Waals surface area (Å²) in [6.07, 6.45) is 3.58. The quantitative estimate of drug-likeness (QED) is 0.865. The number of nitrogens with zero attached hydrogens (tertiary/aromatic N) is 2. The topological polar surface area (TPSA) is 45.2 Å². The molecule has 1 amide bonds. The number of carbonyl (C=O) groups excluding carboxylic acids is 1. The van der Waals surface area contributed by atoms with Gasteiger partial charge in [0.25, 0.3) is 5.91 Å². The molecule has 0 bridgehead atoms. The molecule has 112 valence electrons. The zero-order valence-electron chi connectivity index (χ0n) is 12.0. The number of carbonyl (C=O) groups is 1. The first kappa shape index (κ1) is 15.7. The SMILES string of the molecule is Cc1nc(C)c(C(=O)N2CC[C@@H]3NCCC[C@@H]3C2)s1.Cl. The predicted molar refractivity (Wildman–Crippen MR) is 83.9 cm³/mol. The summed E-state index contributed by atoms with van der Waals surface area (Å²) < 4.78 is 0. The fraction of sp³-hybridized carbons (Fsp3) is 0.714. The van der Waals surface area contributed by atoms with E-state index in [9.17, 15) is 4.79 Å². The van der Waals surface area contributed by atoms with Crippen molar-refractivity contribution in [1.82, 2.24) is 15.2 Å².